The Hall–Kier alpha value is -2.50. The highest BCUT2D eigenvalue weighted by molar-refractivity contribution is 5.79. The van der Waals surface area contributed by atoms with Crippen LogP contribution in [-0.2, 0) is 4.79 Å². The van der Waals surface area contributed by atoms with Crippen LogP contribution in [0.4, 0.5) is 0 Å². The minimum absolute atomic E-state index is 0.0719. The number of nitrogens with zero attached hydrogens (tertiary/aromatic N) is 3. The molecule has 1 atom stereocenters. The molecule has 1 aliphatic carbocycles. The molecular weight excluding hydrogens is 340 g/mol. The number of hydrogen-bond acceptors (Lipinski definition) is 4. The monoisotopic (exact) mass is 366 g/mol. The van der Waals surface area contributed by atoms with Crippen molar-refractivity contribution < 1.29 is 4.79 Å². The van der Waals surface area contributed by atoms with Crippen molar-refractivity contribution in [1.29, 1.82) is 0 Å². The largest absolute Gasteiger partial charge is 0.342 e. The van der Waals surface area contributed by atoms with E-state index in [-0.39, 0.29) is 17.4 Å². The molecule has 1 unspecified atom stereocenters. The van der Waals surface area contributed by atoms with Gasteiger partial charge in [-0.1, -0.05) is 25.3 Å². The fraction of sp³-hybridized carbons (Fsp3) is 0.524. The molecule has 1 saturated heterocycles. The summed E-state index contributed by atoms with van der Waals surface area (Å²) in [6.07, 6.45) is 9.18. The Morgan fingerprint density at radius 3 is 2.70 bits per heavy atom. The predicted octanol–water partition coefficient (Wildman–Crippen LogP) is 3.12. The molecule has 3 heterocycles. The standard InChI is InChI=1S/C21H26N4O2/c26-19-13-18(17-10-4-5-11-22-17)23-20(24-19)16-9-6-12-25(14-16)21(27)15-7-2-1-3-8-15/h4-5,10-11,13,15-16H,1-3,6-9,12,14H2,(H,23,24,26). The van der Waals surface area contributed by atoms with Gasteiger partial charge in [-0.05, 0) is 37.8 Å². The van der Waals surface area contributed by atoms with Crippen molar-refractivity contribution in [2.45, 2.75) is 50.9 Å². The fourth-order valence-corrected chi connectivity index (χ4v) is 4.32. The average molecular weight is 366 g/mol. The first-order valence-electron chi connectivity index (χ1n) is 10.0. The number of carbonyl (C=O) groups excluding carboxylic acids is 1. The quantitative estimate of drug-likeness (QED) is 0.905. The average Bonchev–Trinajstić information content (AvgIpc) is 2.74. The van der Waals surface area contributed by atoms with Crippen LogP contribution in [0.2, 0.25) is 0 Å². The summed E-state index contributed by atoms with van der Waals surface area (Å²) in [6.45, 7) is 1.46. The zero-order chi connectivity index (χ0) is 18.6. The third-order valence-electron chi connectivity index (χ3n) is 5.76. The van der Waals surface area contributed by atoms with E-state index in [1.807, 2.05) is 23.1 Å². The van der Waals surface area contributed by atoms with E-state index in [0.717, 1.165) is 45.1 Å². The molecule has 6 nitrogen and oxygen atoms in total. The zero-order valence-corrected chi connectivity index (χ0v) is 15.6. The molecule has 0 aromatic carbocycles. The van der Waals surface area contributed by atoms with Gasteiger partial charge in [-0.3, -0.25) is 14.6 Å². The molecule has 6 heteroatoms. The van der Waals surface area contributed by atoms with Gasteiger partial charge in [-0.2, -0.15) is 0 Å². The maximum atomic E-state index is 12.9. The lowest BCUT2D eigenvalue weighted by Gasteiger charge is -2.35. The van der Waals surface area contributed by atoms with E-state index in [1.165, 1.54) is 12.5 Å². The minimum Gasteiger partial charge on any atom is -0.342 e. The van der Waals surface area contributed by atoms with Crippen molar-refractivity contribution >= 4 is 5.91 Å². The van der Waals surface area contributed by atoms with Crippen LogP contribution in [0, 0.1) is 5.92 Å². The number of aromatic nitrogens is 3. The first kappa shape index (κ1) is 17.9. The molecule has 1 saturated carbocycles. The van der Waals surface area contributed by atoms with Crippen LogP contribution in [0.1, 0.15) is 56.7 Å². The second-order valence-corrected chi connectivity index (χ2v) is 7.69. The molecule has 4 rings (SSSR count). The molecule has 0 radical (unpaired) electrons. The molecule has 0 bridgehead atoms. The summed E-state index contributed by atoms with van der Waals surface area (Å²) in [5, 5.41) is 0. The summed E-state index contributed by atoms with van der Waals surface area (Å²) in [5.41, 5.74) is 1.11. The van der Waals surface area contributed by atoms with Gasteiger partial charge in [0.15, 0.2) is 0 Å². The van der Waals surface area contributed by atoms with Gasteiger partial charge in [0.1, 0.15) is 5.82 Å². The number of pyridine rings is 1. The lowest BCUT2D eigenvalue weighted by molar-refractivity contribution is -0.137. The van der Waals surface area contributed by atoms with Gasteiger partial charge in [0.05, 0.1) is 11.4 Å². The van der Waals surface area contributed by atoms with Crippen LogP contribution in [0.5, 0.6) is 0 Å². The summed E-state index contributed by atoms with van der Waals surface area (Å²) in [6, 6.07) is 7.06. The highest BCUT2D eigenvalue weighted by Crippen LogP contribution is 2.30. The van der Waals surface area contributed by atoms with Gasteiger partial charge >= 0.3 is 0 Å². The van der Waals surface area contributed by atoms with Crippen LogP contribution in [0.25, 0.3) is 11.4 Å². The highest BCUT2D eigenvalue weighted by atomic mass is 16.2. The summed E-state index contributed by atoms with van der Waals surface area (Å²) in [4.78, 5) is 39.0. The zero-order valence-electron chi connectivity index (χ0n) is 15.6. The number of rotatable bonds is 3. The number of H-pyrrole nitrogens is 1. The van der Waals surface area contributed by atoms with Crippen molar-refractivity contribution in [1.82, 2.24) is 19.9 Å². The molecule has 142 valence electrons. The van der Waals surface area contributed by atoms with Crippen molar-refractivity contribution in [2.24, 2.45) is 5.92 Å². The normalized spacial score (nSPS) is 21.2. The maximum Gasteiger partial charge on any atom is 0.251 e. The van der Waals surface area contributed by atoms with Crippen molar-refractivity contribution in [3.63, 3.8) is 0 Å². The molecule has 2 aromatic rings. The van der Waals surface area contributed by atoms with Crippen LogP contribution in [0.15, 0.2) is 35.3 Å². The first-order valence-corrected chi connectivity index (χ1v) is 10.0. The molecule has 1 aliphatic heterocycles. The number of likely N-dealkylation sites (tertiary alicyclic amines) is 1. The molecular formula is C21H26N4O2. The van der Waals surface area contributed by atoms with Crippen molar-refractivity contribution in [2.75, 3.05) is 13.1 Å². The Bertz CT molecular complexity index is 843. The molecule has 1 N–H and O–H groups in total. The Morgan fingerprint density at radius 1 is 1.07 bits per heavy atom. The molecule has 27 heavy (non-hydrogen) atoms. The second kappa shape index (κ2) is 8.03. The summed E-state index contributed by atoms with van der Waals surface area (Å²) in [7, 11) is 0. The number of nitrogens with one attached hydrogen (secondary N) is 1. The van der Waals surface area contributed by atoms with Crippen molar-refractivity contribution in [3.8, 4) is 11.4 Å². The van der Waals surface area contributed by atoms with Gasteiger partial charge in [-0.15, -0.1) is 0 Å². The number of carbonyl (C=O) groups is 1. The van der Waals surface area contributed by atoms with E-state index in [4.69, 9.17) is 0 Å². The third-order valence-corrected chi connectivity index (χ3v) is 5.76. The molecule has 2 aromatic heterocycles. The third kappa shape index (κ3) is 4.10. The summed E-state index contributed by atoms with van der Waals surface area (Å²) in [5.74, 6) is 1.22. The van der Waals surface area contributed by atoms with Gasteiger partial charge in [0.25, 0.3) is 5.56 Å². The van der Waals surface area contributed by atoms with Crippen LogP contribution < -0.4 is 5.56 Å². The van der Waals surface area contributed by atoms with Crippen LogP contribution in [0.3, 0.4) is 0 Å². The summed E-state index contributed by atoms with van der Waals surface area (Å²) < 4.78 is 0. The Balaban J connectivity index is 1.53. The van der Waals surface area contributed by atoms with Crippen LogP contribution >= 0.6 is 0 Å². The number of amides is 1. The Kier molecular flexibility index (Phi) is 5.32. The topological polar surface area (TPSA) is 79.0 Å². The van der Waals surface area contributed by atoms with E-state index < -0.39 is 0 Å². The van der Waals surface area contributed by atoms with E-state index in [0.29, 0.717) is 29.7 Å². The van der Waals surface area contributed by atoms with E-state index in [9.17, 15) is 9.59 Å². The van der Waals surface area contributed by atoms with E-state index >= 15 is 0 Å². The fourth-order valence-electron chi connectivity index (χ4n) is 4.32. The highest BCUT2D eigenvalue weighted by Gasteiger charge is 2.31. The molecule has 2 aliphatic rings. The lowest BCUT2D eigenvalue weighted by Crippen LogP contribution is -2.43. The predicted molar refractivity (Wildman–Crippen MR) is 103 cm³/mol. The smallest absolute Gasteiger partial charge is 0.251 e. The SMILES string of the molecule is O=C(C1CCCCC1)N1CCCC(c2nc(-c3ccccn3)cc(=O)[nH]2)C1. The number of aromatic amines is 1. The minimum atomic E-state index is -0.170. The maximum absolute atomic E-state index is 12.9. The van der Waals surface area contributed by atoms with Crippen molar-refractivity contribution in [3.05, 3.63) is 46.6 Å². The van der Waals surface area contributed by atoms with Gasteiger partial charge in [0.2, 0.25) is 5.91 Å². The number of hydrogen-bond donors (Lipinski definition) is 1. The second-order valence-electron chi connectivity index (χ2n) is 7.69. The van der Waals surface area contributed by atoms with Gasteiger partial charge < -0.3 is 9.88 Å². The Labute approximate surface area is 159 Å². The number of piperidine rings is 1. The first-order chi connectivity index (χ1) is 13.2. The van der Waals surface area contributed by atoms with Gasteiger partial charge in [0, 0.05) is 37.2 Å². The molecule has 1 amide bonds. The summed E-state index contributed by atoms with van der Waals surface area (Å²) >= 11 is 0. The Morgan fingerprint density at radius 2 is 1.93 bits per heavy atom. The molecule has 2 fully saturated rings. The molecule has 0 spiro atoms. The van der Waals surface area contributed by atoms with Crippen LogP contribution in [-0.4, -0.2) is 38.8 Å². The van der Waals surface area contributed by atoms with E-state index in [2.05, 4.69) is 15.0 Å². The van der Waals surface area contributed by atoms with E-state index in [1.54, 1.807) is 6.20 Å². The van der Waals surface area contributed by atoms with Gasteiger partial charge in [-0.25, -0.2) is 4.98 Å². The lowest BCUT2D eigenvalue weighted by atomic mass is 9.87.